The summed E-state index contributed by atoms with van der Waals surface area (Å²) in [5, 5.41) is 12.4. The lowest BCUT2D eigenvalue weighted by Gasteiger charge is -2.28. The van der Waals surface area contributed by atoms with E-state index in [9.17, 15) is 5.26 Å². The molecule has 0 unspecified atom stereocenters. The van der Waals surface area contributed by atoms with Crippen molar-refractivity contribution in [3.8, 4) is 11.9 Å². The van der Waals surface area contributed by atoms with Gasteiger partial charge in [-0.25, -0.2) is 15.0 Å². The van der Waals surface area contributed by atoms with Crippen molar-refractivity contribution in [2.24, 2.45) is 5.92 Å². The number of nitrogens with zero attached hydrogens (tertiary/aromatic N) is 6. The molecule has 0 bridgehead atoms. The van der Waals surface area contributed by atoms with Crippen molar-refractivity contribution in [3.05, 3.63) is 30.5 Å². The Labute approximate surface area is 156 Å². The summed E-state index contributed by atoms with van der Waals surface area (Å²) in [5.74, 6) is 1.78. The highest BCUT2D eigenvalue weighted by molar-refractivity contribution is 5.77. The summed E-state index contributed by atoms with van der Waals surface area (Å²) in [6.07, 6.45) is 6.97. The number of piperidine rings is 1. The number of aromatic nitrogens is 5. The summed E-state index contributed by atoms with van der Waals surface area (Å²) >= 11 is 0. The number of aromatic amines is 1. The van der Waals surface area contributed by atoms with E-state index in [1.54, 1.807) is 12.5 Å². The highest BCUT2D eigenvalue weighted by Gasteiger charge is 2.19. The van der Waals surface area contributed by atoms with Crippen molar-refractivity contribution in [2.75, 3.05) is 32.1 Å². The molecule has 1 saturated heterocycles. The molecule has 4 rings (SSSR count). The van der Waals surface area contributed by atoms with Crippen molar-refractivity contribution >= 4 is 22.7 Å². The summed E-state index contributed by atoms with van der Waals surface area (Å²) in [7, 11) is 2.12. The van der Waals surface area contributed by atoms with Crippen molar-refractivity contribution < 1.29 is 4.74 Å². The molecule has 1 aliphatic rings. The smallest absolute Gasteiger partial charge is 0.253 e. The second kappa shape index (κ2) is 7.55. The Balaban J connectivity index is 1.47. The van der Waals surface area contributed by atoms with Crippen LogP contribution in [0, 0.1) is 17.2 Å². The minimum absolute atomic E-state index is 0.184. The standard InChI is InChI=1S/C18H20N8O/c1-26-4-2-12(3-5-26)10-27-18-14(7-19)20-9-17(25-18)24-16-6-13-15(8-21-16)23-11-22-13/h6,8-9,11-12H,2-5,10H2,1H3,(H,22,23)(H,21,24,25). The van der Waals surface area contributed by atoms with Gasteiger partial charge in [0.25, 0.3) is 5.88 Å². The second-order valence-corrected chi connectivity index (χ2v) is 6.69. The minimum atomic E-state index is 0.184. The van der Waals surface area contributed by atoms with Gasteiger partial charge in [-0.15, -0.1) is 0 Å². The van der Waals surface area contributed by atoms with E-state index >= 15 is 0 Å². The molecule has 1 fully saturated rings. The monoisotopic (exact) mass is 364 g/mol. The van der Waals surface area contributed by atoms with E-state index in [2.05, 4.69) is 42.2 Å². The average molecular weight is 364 g/mol. The molecule has 0 spiro atoms. The number of likely N-dealkylation sites (tertiary alicyclic amines) is 1. The summed E-state index contributed by atoms with van der Waals surface area (Å²) in [4.78, 5) is 22.4. The van der Waals surface area contributed by atoms with Gasteiger partial charge in [-0.3, -0.25) is 0 Å². The van der Waals surface area contributed by atoms with Crippen LogP contribution in [0.2, 0.25) is 0 Å². The number of hydrogen-bond acceptors (Lipinski definition) is 8. The fourth-order valence-corrected chi connectivity index (χ4v) is 3.07. The zero-order chi connectivity index (χ0) is 18.6. The molecule has 3 aromatic rings. The van der Waals surface area contributed by atoms with Crippen LogP contribution >= 0.6 is 0 Å². The first kappa shape index (κ1) is 17.2. The predicted molar refractivity (Wildman–Crippen MR) is 99.6 cm³/mol. The fraction of sp³-hybridized carbons (Fsp3) is 0.389. The SMILES string of the molecule is CN1CCC(COc2nc(Nc3cc4nc[nH]c4cn3)cnc2C#N)CC1. The third-order valence-corrected chi connectivity index (χ3v) is 4.70. The van der Waals surface area contributed by atoms with Gasteiger partial charge in [0.15, 0.2) is 5.82 Å². The maximum Gasteiger partial charge on any atom is 0.253 e. The van der Waals surface area contributed by atoms with E-state index in [0.29, 0.717) is 24.2 Å². The highest BCUT2D eigenvalue weighted by Crippen LogP contribution is 2.22. The Morgan fingerprint density at radius 2 is 2.11 bits per heavy atom. The molecular formula is C18H20N8O. The van der Waals surface area contributed by atoms with E-state index in [0.717, 1.165) is 37.0 Å². The molecule has 0 saturated carbocycles. The van der Waals surface area contributed by atoms with Gasteiger partial charge >= 0.3 is 0 Å². The summed E-state index contributed by atoms with van der Waals surface area (Å²) < 4.78 is 5.85. The van der Waals surface area contributed by atoms with Gasteiger partial charge in [-0.05, 0) is 38.9 Å². The molecule has 27 heavy (non-hydrogen) atoms. The van der Waals surface area contributed by atoms with Crippen molar-refractivity contribution in [1.82, 2.24) is 29.8 Å². The zero-order valence-corrected chi connectivity index (χ0v) is 15.0. The molecule has 4 heterocycles. The summed E-state index contributed by atoms with van der Waals surface area (Å²) in [6, 6.07) is 3.85. The number of hydrogen-bond donors (Lipinski definition) is 2. The lowest BCUT2D eigenvalue weighted by atomic mass is 9.98. The van der Waals surface area contributed by atoms with Gasteiger partial charge in [-0.2, -0.15) is 10.2 Å². The van der Waals surface area contributed by atoms with E-state index in [-0.39, 0.29) is 11.6 Å². The molecule has 2 N–H and O–H groups in total. The number of nitrogens with one attached hydrogen (secondary N) is 2. The first-order valence-corrected chi connectivity index (χ1v) is 8.86. The van der Waals surface area contributed by atoms with Crippen LogP contribution in [0.5, 0.6) is 5.88 Å². The van der Waals surface area contributed by atoms with Crippen LogP contribution in [0.15, 0.2) is 24.8 Å². The number of imidazole rings is 1. The lowest BCUT2D eigenvalue weighted by Crippen LogP contribution is -2.32. The maximum absolute atomic E-state index is 9.28. The summed E-state index contributed by atoms with van der Waals surface area (Å²) in [6.45, 7) is 2.67. The molecule has 138 valence electrons. The Morgan fingerprint density at radius 1 is 1.26 bits per heavy atom. The van der Waals surface area contributed by atoms with Crippen molar-refractivity contribution in [3.63, 3.8) is 0 Å². The Kier molecular flexibility index (Phi) is 4.80. The third-order valence-electron chi connectivity index (χ3n) is 4.70. The van der Waals surface area contributed by atoms with Crippen LogP contribution in [-0.2, 0) is 0 Å². The number of anilines is 2. The largest absolute Gasteiger partial charge is 0.475 e. The number of H-pyrrole nitrogens is 1. The van der Waals surface area contributed by atoms with E-state index in [4.69, 9.17) is 4.74 Å². The zero-order valence-electron chi connectivity index (χ0n) is 15.0. The number of pyridine rings is 1. The van der Waals surface area contributed by atoms with Crippen LogP contribution in [0.1, 0.15) is 18.5 Å². The number of rotatable bonds is 5. The van der Waals surface area contributed by atoms with Crippen LogP contribution in [0.3, 0.4) is 0 Å². The quantitative estimate of drug-likeness (QED) is 0.707. The molecule has 0 amide bonds. The molecule has 1 aliphatic heterocycles. The maximum atomic E-state index is 9.28. The lowest BCUT2D eigenvalue weighted by molar-refractivity contribution is 0.156. The normalized spacial score (nSPS) is 15.6. The molecule has 0 aromatic carbocycles. The molecule has 3 aromatic heterocycles. The van der Waals surface area contributed by atoms with Crippen molar-refractivity contribution in [1.29, 1.82) is 5.26 Å². The molecule has 9 heteroatoms. The van der Waals surface area contributed by atoms with Gasteiger partial charge in [-0.1, -0.05) is 0 Å². The second-order valence-electron chi connectivity index (χ2n) is 6.69. The van der Waals surface area contributed by atoms with Crippen LogP contribution < -0.4 is 10.1 Å². The molecule has 9 nitrogen and oxygen atoms in total. The van der Waals surface area contributed by atoms with Gasteiger partial charge in [0.2, 0.25) is 5.69 Å². The van der Waals surface area contributed by atoms with Gasteiger partial charge < -0.3 is 19.9 Å². The number of fused-ring (bicyclic) bond motifs is 1. The van der Waals surface area contributed by atoms with E-state index in [1.807, 2.05) is 12.1 Å². The Morgan fingerprint density at radius 3 is 2.93 bits per heavy atom. The van der Waals surface area contributed by atoms with E-state index in [1.165, 1.54) is 6.20 Å². The van der Waals surface area contributed by atoms with Crippen LogP contribution in [0.4, 0.5) is 11.6 Å². The topological polar surface area (TPSA) is 116 Å². The van der Waals surface area contributed by atoms with Crippen LogP contribution in [0.25, 0.3) is 11.0 Å². The third kappa shape index (κ3) is 3.96. The van der Waals surface area contributed by atoms with E-state index < -0.39 is 0 Å². The van der Waals surface area contributed by atoms with Gasteiger partial charge in [0.1, 0.15) is 11.9 Å². The molecule has 0 aliphatic carbocycles. The first-order valence-electron chi connectivity index (χ1n) is 8.86. The summed E-state index contributed by atoms with van der Waals surface area (Å²) in [5.41, 5.74) is 1.84. The number of nitriles is 1. The molecule has 0 atom stereocenters. The molecular weight excluding hydrogens is 344 g/mol. The number of ether oxygens (including phenoxy) is 1. The average Bonchev–Trinajstić information content (AvgIpc) is 3.15. The Bertz CT molecular complexity index is 971. The minimum Gasteiger partial charge on any atom is -0.475 e. The van der Waals surface area contributed by atoms with Gasteiger partial charge in [0.05, 0.1) is 36.4 Å². The molecule has 0 radical (unpaired) electrons. The Hall–Kier alpha value is -3.25. The highest BCUT2D eigenvalue weighted by atomic mass is 16.5. The van der Waals surface area contributed by atoms with Gasteiger partial charge in [0, 0.05) is 6.07 Å². The van der Waals surface area contributed by atoms with Crippen LogP contribution in [-0.4, -0.2) is 56.6 Å². The van der Waals surface area contributed by atoms with Crippen molar-refractivity contribution in [2.45, 2.75) is 12.8 Å². The fourth-order valence-electron chi connectivity index (χ4n) is 3.07. The first-order chi connectivity index (χ1) is 13.2. The predicted octanol–water partition coefficient (Wildman–Crippen LogP) is 2.08.